The molecule has 2 N–H and O–H groups in total. The highest BCUT2D eigenvalue weighted by Crippen LogP contribution is 2.30. The van der Waals surface area contributed by atoms with E-state index in [1.165, 1.54) is 0 Å². The van der Waals surface area contributed by atoms with Crippen LogP contribution in [0, 0.1) is 0 Å². The van der Waals surface area contributed by atoms with Crippen LogP contribution in [0.15, 0.2) is 24.3 Å². The van der Waals surface area contributed by atoms with E-state index in [1.807, 2.05) is 58.9 Å². The van der Waals surface area contributed by atoms with Gasteiger partial charge in [0, 0.05) is 11.2 Å². The van der Waals surface area contributed by atoms with E-state index in [1.54, 1.807) is 5.01 Å². The van der Waals surface area contributed by atoms with E-state index in [4.69, 9.17) is 0 Å². The number of hydrogen-bond donors (Lipinski definition) is 2. The lowest BCUT2D eigenvalue weighted by molar-refractivity contribution is 0.0248. The van der Waals surface area contributed by atoms with Crippen molar-refractivity contribution in [3.8, 4) is 0 Å². The van der Waals surface area contributed by atoms with Gasteiger partial charge in [-0.3, -0.25) is 4.79 Å². The number of fused-ring (bicyclic) bond motifs is 1. The molecule has 0 unspecified atom stereocenters. The van der Waals surface area contributed by atoms with Crippen molar-refractivity contribution in [1.82, 2.24) is 10.4 Å². The van der Waals surface area contributed by atoms with Crippen LogP contribution in [0.3, 0.4) is 0 Å². The summed E-state index contributed by atoms with van der Waals surface area (Å²) in [6.07, 6.45) is 0. The number of para-hydroxylation sites is 1. The van der Waals surface area contributed by atoms with Crippen LogP contribution in [0.1, 0.15) is 45.0 Å². The average Bonchev–Trinajstić information content (AvgIpc) is 2.22. The topological polar surface area (TPSA) is 44.4 Å². The highest BCUT2D eigenvalue weighted by Gasteiger charge is 2.39. The molecule has 0 fully saturated rings. The van der Waals surface area contributed by atoms with Crippen molar-refractivity contribution in [3.05, 3.63) is 29.8 Å². The number of rotatable bonds is 1. The molecule has 0 spiro atoms. The summed E-state index contributed by atoms with van der Waals surface area (Å²) >= 11 is 0. The summed E-state index contributed by atoms with van der Waals surface area (Å²) in [7, 11) is 0. The first kappa shape index (κ1) is 12.9. The third kappa shape index (κ3) is 2.34. The Labute approximate surface area is 108 Å². The van der Waals surface area contributed by atoms with E-state index in [2.05, 4.69) is 10.7 Å². The van der Waals surface area contributed by atoms with Crippen LogP contribution < -0.4 is 10.7 Å². The lowest BCUT2D eigenvalue weighted by atomic mass is 10.0. The molecule has 98 valence electrons. The van der Waals surface area contributed by atoms with Crippen LogP contribution in [0.25, 0.3) is 0 Å². The van der Waals surface area contributed by atoms with Gasteiger partial charge in [-0.1, -0.05) is 12.1 Å². The number of carbonyl (C=O) groups is 1. The van der Waals surface area contributed by atoms with Gasteiger partial charge in [0.25, 0.3) is 5.91 Å². The van der Waals surface area contributed by atoms with Crippen LogP contribution in [0.2, 0.25) is 0 Å². The predicted octanol–water partition coefficient (Wildman–Crippen LogP) is 2.59. The monoisotopic (exact) mass is 247 g/mol. The number of amides is 1. The summed E-state index contributed by atoms with van der Waals surface area (Å²) in [5, 5.41) is 5.06. The fourth-order valence-electron chi connectivity index (χ4n) is 2.06. The molecule has 1 heterocycles. The number of carbonyl (C=O) groups excluding carboxylic acids is 1. The standard InChI is InChI=1S/C14H21N3O/c1-13(2,3)16-17-12(18)10-8-6-7-9-11(10)15-14(17,4)5/h6-9,15-16H,1-5H3. The van der Waals surface area contributed by atoms with Gasteiger partial charge in [0.05, 0.1) is 5.56 Å². The normalized spacial score (nSPS) is 18.3. The van der Waals surface area contributed by atoms with Crippen LogP contribution in [0.5, 0.6) is 0 Å². The summed E-state index contributed by atoms with van der Waals surface area (Å²) in [4.78, 5) is 12.5. The first-order chi connectivity index (χ1) is 8.21. The first-order valence-electron chi connectivity index (χ1n) is 6.20. The van der Waals surface area contributed by atoms with E-state index >= 15 is 0 Å². The van der Waals surface area contributed by atoms with E-state index in [9.17, 15) is 4.79 Å². The second-order valence-corrected chi connectivity index (χ2v) is 6.23. The highest BCUT2D eigenvalue weighted by molar-refractivity contribution is 6.01. The maximum Gasteiger partial charge on any atom is 0.272 e. The van der Waals surface area contributed by atoms with Crippen molar-refractivity contribution in [2.45, 2.75) is 45.8 Å². The smallest absolute Gasteiger partial charge is 0.272 e. The minimum atomic E-state index is -0.460. The summed E-state index contributed by atoms with van der Waals surface area (Å²) in [6.45, 7) is 10.1. The van der Waals surface area contributed by atoms with Crippen molar-refractivity contribution in [1.29, 1.82) is 0 Å². The summed E-state index contributed by atoms with van der Waals surface area (Å²) in [5.74, 6) is 0.00396. The Hall–Kier alpha value is -1.55. The predicted molar refractivity (Wildman–Crippen MR) is 73.2 cm³/mol. The fourth-order valence-corrected chi connectivity index (χ4v) is 2.06. The molecule has 1 aromatic carbocycles. The number of hydrogen-bond acceptors (Lipinski definition) is 3. The molecule has 1 aromatic rings. The maximum atomic E-state index is 12.5. The second kappa shape index (κ2) is 3.99. The van der Waals surface area contributed by atoms with Crippen molar-refractivity contribution < 1.29 is 4.79 Å². The third-order valence-electron chi connectivity index (χ3n) is 2.81. The number of benzene rings is 1. The van der Waals surface area contributed by atoms with Gasteiger partial charge >= 0.3 is 0 Å². The van der Waals surface area contributed by atoms with Crippen molar-refractivity contribution in [2.75, 3.05) is 5.32 Å². The molecule has 0 saturated carbocycles. The summed E-state index contributed by atoms with van der Waals surface area (Å²) in [6, 6.07) is 7.59. The summed E-state index contributed by atoms with van der Waals surface area (Å²) in [5.41, 5.74) is 4.23. The molecule has 0 atom stereocenters. The van der Waals surface area contributed by atoms with Crippen molar-refractivity contribution in [3.63, 3.8) is 0 Å². The second-order valence-electron chi connectivity index (χ2n) is 6.23. The lowest BCUT2D eigenvalue weighted by Gasteiger charge is -2.46. The Morgan fingerprint density at radius 2 is 1.83 bits per heavy atom. The zero-order valence-electron chi connectivity index (χ0n) is 11.7. The van der Waals surface area contributed by atoms with Gasteiger partial charge in [-0.15, -0.1) is 0 Å². The molecular weight excluding hydrogens is 226 g/mol. The van der Waals surface area contributed by atoms with E-state index in [0.29, 0.717) is 5.56 Å². The van der Waals surface area contributed by atoms with Crippen LogP contribution >= 0.6 is 0 Å². The van der Waals surface area contributed by atoms with E-state index < -0.39 is 5.66 Å². The highest BCUT2D eigenvalue weighted by atomic mass is 16.2. The number of nitrogens with one attached hydrogen (secondary N) is 2. The van der Waals surface area contributed by atoms with Gasteiger partial charge in [0.1, 0.15) is 5.66 Å². The van der Waals surface area contributed by atoms with Crippen LogP contribution in [-0.4, -0.2) is 22.1 Å². The molecule has 0 saturated heterocycles. The molecule has 4 heteroatoms. The molecule has 1 aliphatic rings. The van der Waals surface area contributed by atoms with Crippen LogP contribution in [0.4, 0.5) is 5.69 Å². The molecule has 0 bridgehead atoms. The third-order valence-corrected chi connectivity index (χ3v) is 2.81. The van der Waals surface area contributed by atoms with Crippen molar-refractivity contribution >= 4 is 11.6 Å². The minimum Gasteiger partial charge on any atom is -0.361 e. The Balaban J connectivity index is 2.40. The molecule has 18 heavy (non-hydrogen) atoms. The first-order valence-corrected chi connectivity index (χ1v) is 6.20. The van der Waals surface area contributed by atoms with Gasteiger partial charge in [0.2, 0.25) is 0 Å². The SMILES string of the molecule is CC(C)(C)NN1C(=O)c2ccccc2NC1(C)C. The van der Waals surface area contributed by atoms with E-state index in [0.717, 1.165) is 5.69 Å². The van der Waals surface area contributed by atoms with Gasteiger partial charge in [-0.05, 0) is 46.8 Å². The molecule has 1 amide bonds. The number of anilines is 1. The zero-order chi connectivity index (χ0) is 13.6. The molecule has 1 aliphatic heterocycles. The van der Waals surface area contributed by atoms with Gasteiger partial charge in [-0.2, -0.15) is 0 Å². The Kier molecular flexibility index (Phi) is 2.86. The summed E-state index contributed by atoms with van der Waals surface area (Å²) < 4.78 is 0. The van der Waals surface area contributed by atoms with Gasteiger partial charge < -0.3 is 5.32 Å². The average molecular weight is 247 g/mol. The van der Waals surface area contributed by atoms with E-state index in [-0.39, 0.29) is 11.4 Å². The number of hydrazine groups is 1. The molecular formula is C14H21N3O. The van der Waals surface area contributed by atoms with Crippen molar-refractivity contribution in [2.24, 2.45) is 0 Å². The van der Waals surface area contributed by atoms with Gasteiger partial charge in [-0.25, -0.2) is 10.4 Å². The zero-order valence-corrected chi connectivity index (χ0v) is 11.7. The molecule has 2 rings (SSSR count). The maximum absolute atomic E-state index is 12.5. The lowest BCUT2D eigenvalue weighted by Crippen LogP contribution is -2.65. The molecule has 0 radical (unpaired) electrons. The molecule has 0 aliphatic carbocycles. The Morgan fingerprint density at radius 1 is 1.22 bits per heavy atom. The quantitative estimate of drug-likeness (QED) is 0.801. The largest absolute Gasteiger partial charge is 0.361 e. The molecule has 4 nitrogen and oxygen atoms in total. The fraction of sp³-hybridized carbons (Fsp3) is 0.500. The minimum absolute atomic E-state index is 0.00396. The van der Waals surface area contributed by atoms with Gasteiger partial charge in [0.15, 0.2) is 0 Å². The number of nitrogens with zero attached hydrogens (tertiary/aromatic N) is 1. The Bertz CT molecular complexity index is 474. The van der Waals surface area contributed by atoms with Crippen LogP contribution in [-0.2, 0) is 0 Å². The Morgan fingerprint density at radius 3 is 2.44 bits per heavy atom. The molecule has 0 aromatic heterocycles.